The van der Waals surface area contributed by atoms with Crippen LogP contribution in [0.15, 0.2) is 24.3 Å². The van der Waals surface area contributed by atoms with E-state index in [-0.39, 0.29) is 0 Å². The number of rotatable bonds is 8. The van der Waals surface area contributed by atoms with Crippen molar-refractivity contribution in [2.45, 2.75) is 96.9 Å². The van der Waals surface area contributed by atoms with Gasteiger partial charge in [-0.05, 0) is 13.8 Å². The Bertz CT molecular complexity index is 1290. The molecule has 0 spiro atoms. The maximum atomic E-state index is 16.1. The monoisotopic (exact) mass is 752 g/mol. The standard InChI is InChI=1S/C22H12F20O6/c1-5(11(23,24)25)9(43)45-7(3)47-15-18(33,34)13(29)17(31,32)14(30,19(15,35)36)21(39,40)16(20(13,37)38,22(15,41)42)48-8(4)46-10(44)6(2)12(26,27)28/h7-8H,1-2H2,3-4H3. The van der Waals surface area contributed by atoms with Crippen molar-refractivity contribution >= 4 is 11.9 Å². The lowest BCUT2D eigenvalue weighted by atomic mass is 9.39. The lowest BCUT2D eigenvalue weighted by molar-refractivity contribution is -0.637. The molecule has 4 rings (SSSR count). The molecule has 0 aromatic rings. The van der Waals surface area contributed by atoms with Crippen molar-refractivity contribution in [2.24, 2.45) is 0 Å². The Morgan fingerprint density at radius 2 is 0.708 bits per heavy atom. The van der Waals surface area contributed by atoms with Crippen LogP contribution < -0.4 is 0 Å². The fraction of sp³-hybridized carbons (Fsp3) is 0.727. The third-order valence-electron chi connectivity index (χ3n) is 7.66. The van der Waals surface area contributed by atoms with E-state index in [9.17, 15) is 44.7 Å². The van der Waals surface area contributed by atoms with Crippen LogP contribution in [-0.2, 0) is 28.5 Å². The normalized spacial score (nSPS) is 36.1. The predicted molar refractivity (Wildman–Crippen MR) is 106 cm³/mol. The Hall–Kier alpha value is -3.06. The molecule has 0 heterocycles. The summed E-state index contributed by atoms with van der Waals surface area (Å²) in [5.74, 6) is -54.7. The first-order chi connectivity index (χ1) is 20.9. The van der Waals surface area contributed by atoms with Crippen molar-refractivity contribution in [1.82, 2.24) is 0 Å². The van der Waals surface area contributed by atoms with Gasteiger partial charge in [-0.25, -0.2) is 18.4 Å². The third-order valence-corrected chi connectivity index (χ3v) is 7.66. The molecule has 4 aliphatic carbocycles. The molecule has 0 saturated heterocycles. The van der Waals surface area contributed by atoms with Crippen molar-refractivity contribution in [1.29, 1.82) is 0 Å². The first kappa shape index (κ1) is 39.4. The van der Waals surface area contributed by atoms with E-state index in [1.54, 1.807) is 0 Å². The molecule has 26 heteroatoms. The smallest absolute Gasteiger partial charge is 0.422 e. The lowest BCUT2D eigenvalue weighted by Crippen LogP contribution is -3.11. The second-order valence-corrected chi connectivity index (χ2v) is 10.3. The van der Waals surface area contributed by atoms with Crippen molar-refractivity contribution in [3.8, 4) is 0 Å². The number of carbonyl (C=O) groups excluding carboxylic acids is 2. The van der Waals surface area contributed by atoms with Gasteiger partial charge in [-0.15, -0.1) is 0 Å². The summed E-state index contributed by atoms with van der Waals surface area (Å²) in [5.41, 5.74) is -36.8. The van der Waals surface area contributed by atoms with Gasteiger partial charge in [-0.1, -0.05) is 13.2 Å². The third kappa shape index (κ3) is 3.70. The highest BCUT2D eigenvalue weighted by Crippen LogP contribution is 2.88. The number of carbonyl (C=O) groups is 2. The first-order valence-electron chi connectivity index (χ1n) is 11.8. The van der Waals surface area contributed by atoms with Crippen molar-refractivity contribution in [3.63, 3.8) is 0 Å². The molecule has 48 heavy (non-hydrogen) atoms. The van der Waals surface area contributed by atoms with Crippen LogP contribution in [0.2, 0.25) is 0 Å². The first-order valence-corrected chi connectivity index (χ1v) is 11.8. The number of ether oxygens (including phenoxy) is 4. The van der Waals surface area contributed by atoms with E-state index in [2.05, 4.69) is 18.9 Å². The zero-order valence-electron chi connectivity index (χ0n) is 22.6. The minimum atomic E-state index is -8.22. The molecular weight excluding hydrogens is 740 g/mol. The van der Waals surface area contributed by atoms with Gasteiger partial charge < -0.3 is 18.9 Å². The average Bonchev–Trinajstić information content (AvgIpc) is 2.88. The molecule has 0 radical (unpaired) electrons. The summed E-state index contributed by atoms with van der Waals surface area (Å²) < 4.78 is 307. The molecule has 0 aliphatic heterocycles. The molecule has 6 nitrogen and oxygen atoms in total. The molecule has 2 atom stereocenters. The summed E-state index contributed by atoms with van der Waals surface area (Å²) in [4.78, 5) is 23.2. The Morgan fingerprint density at radius 1 is 0.479 bits per heavy atom. The van der Waals surface area contributed by atoms with Gasteiger partial charge >= 0.3 is 71.2 Å². The fourth-order valence-corrected chi connectivity index (χ4v) is 5.49. The van der Waals surface area contributed by atoms with E-state index in [0.717, 1.165) is 0 Å². The molecule has 2 unspecified atom stereocenters. The molecule has 4 bridgehead atoms. The highest BCUT2D eigenvalue weighted by molar-refractivity contribution is 5.89. The van der Waals surface area contributed by atoms with Gasteiger partial charge in [-0.3, -0.25) is 0 Å². The Balaban J connectivity index is 2.42. The van der Waals surface area contributed by atoms with E-state index in [4.69, 9.17) is 0 Å². The number of esters is 2. The summed E-state index contributed by atoms with van der Waals surface area (Å²) in [5, 5.41) is 0. The predicted octanol–water partition coefficient (Wildman–Crippen LogP) is 6.78. The van der Waals surface area contributed by atoms with E-state index in [0.29, 0.717) is 0 Å². The molecule has 0 aromatic carbocycles. The average molecular weight is 752 g/mol. The van der Waals surface area contributed by atoms with E-state index >= 15 is 52.7 Å². The summed E-state index contributed by atoms with van der Waals surface area (Å²) in [6, 6.07) is 0. The number of alkyl halides is 20. The highest BCUT2D eigenvalue weighted by Gasteiger charge is 3.23. The van der Waals surface area contributed by atoms with E-state index in [1.807, 2.05) is 13.2 Å². The van der Waals surface area contributed by atoms with Crippen LogP contribution in [0.25, 0.3) is 0 Å². The molecule has 0 aromatic heterocycles. The second-order valence-electron chi connectivity index (χ2n) is 10.3. The van der Waals surface area contributed by atoms with Crippen molar-refractivity contribution in [2.75, 3.05) is 0 Å². The number of hydrogen-bond donors (Lipinski definition) is 0. The molecule has 0 N–H and O–H groups in total. The van der Waals surface area contributed by atoms with Gasteiger partial charge in [0, 0.05) is 0 Å². The Labute approximate surface area is 250 Å². The molecule has 0 amide bonds. The summed E-state index contributed by atoms with van der Waals surface area (Å²) in [7, 11) is 0. The van der Waals surface area contributed by atoms with Crippen LogP contribution in [0.3, 0.4) is 0 Å². The van der Waals surface area contributed by atoms with Crippen LogP contribution in [0.5, 0.6) is 0 Å². The molecule has 276 valence electrons. The summed E-state index contributed by atoms with van der Waals surface area (Å²) in [6.07, 6.45) is -19.8. The van der Waals surface area contributed by atoms with Crippen LogP contribution >= 0.6 is 0 Å². The zero-order chi connectivity index (χ0) is 38.3. The van der Waals surface area contributed by atoms with E-state index in [1.165, 1.54) is 0 Å². The van der Waals surface area contributed by atoms with Gasteiger partial charge in [-0.2, -0.15) is 79.0 Å². The minimum absolute atomic E-state index is 0.451. The van der Waals surface area contributed by atoms with Gasteiger partial charge in [0.1, 0.15) is 11.1 Å². The van der Waals surface area contributed by atoms with Gasteiger partial charge in [0.2, 0.25) is 12.6 Å². The second kappa shape index (κ2) is 9.80. The van der Waals surface area contributed by atoms with Gasteiger partial charge in [0.15, 0.2) is 0 Å². The quantitative estimate of drug-likeness (QED) is 0.118. The van der Waals surface area contributed by atoms with Crippen LogP contribution in [0, 0.1) is 0 Å². The Kier molecular flexibility index (Phi) is 8.04. The fourth-order valence-electron chi connectivity index (χ4n) is 5.49. The molecular formula is C22H12F20O6. The molecule has 4 aliphatic rings. The summed E-state index contributed by atoms with van der Waals surface area (Å²) >= 11 is 0. The van der Waals surface area contributed by atoms with Crippen molar-refractivity contribution < 1.29 is 116 Å². The SMILES string of the molecule is C=C(C(=O)OC(C)OC12C(F)(F)C3(F)C(F)(F)C(F)(C1(F)F)C(F)(F)C(OC(C)OC(=O)C(=C)C(F)(F)F)(C3(F)F)C2(F)F)C(F)(F)F. The zero-order valence-corrected chi connectivity index (χ0v) is 22.6. The van der Waals surface area contributed by atoms with Crippen LogP contribution in [0.1, 0.15) is 13.8 Å². The van der Waals surface area contributed by atoms with Crippen LogP contribution in [0.4, 0.5) is 87.8 Å². The van der Waals surface area contributed by atoms with Gasteiger partial charge in [0.05, 0.1) is 0 Å². The van der Waals surface area contributed by atoms with E-state index < -0.39 is 120 Å². The molecule has 4 fully saturated rings. The maximum Gasteiger partial charge on any atom is 0.422 e. The van der Waals surface area contributed by atoms with Crippen molar-refractivity contribution in [3.05, 3.63) is 24.3 Å². The largest absolute Gasteiger partial charge is 0.432 e. The highest BCUT2D eigenvalue weighted by atomic mass is 19.4. The number of hydrogen-bond acceptors (Lipinski definition) is 6. The maximum absolute atomic E-state index is 16.1. The Morgan fingerprint density at radius 3 is 0.917 bits per heavy atom. The topological polar surface area (TPSA) is 71.1 Å². The molecule has 4 saturated carbocycles. The minimum Gasteiger partial charge on any atom is -0.432 e. The lowest BCUT2D eigenvalue weighted by Gasteiger charge is -2.76. The van der Waals surface area contributed by atoms with Crippen LogP contribution in [-0.4, -0.2) is 94.9 Å². The number of halogens is 20. The van der Waals surface area contributed by atoms with Gasteiger partial charge in [0.25, 0.3) is 11.2 Å². The summed E-state index contributed by atoms with van der Waals surface area (Å²) in [6.45, 7) is 3.12.